The SMILES string of the molecule is Cc1nc2c(=O)n(CC3CCN(C)CC3)ccc2[nH]1.[B][B][B]. The highest BCUT2D eigenvalue weighted by Crippen LogP contribution is 2.17. The Balaban J connectivity index is 0.000000545. The minimum Gasteiger partial charge on any atom is -0.342 e. The van der Waals surface area contributed by atoms with Gasteiger partial charge in [-0.05, 0) is 51.9 Å². The molecular formula is C14H20B3N4O. The molecule has 3 rings (SSSR count). The van der Waals surface area contributed by atoms with Gasteiger partial charge in [0.2, 0.25) is 0 Å². The van der Waals surface area contributed by atoms with E-state index in [0.717, 1.165) is 38.0 Å². The van der Waals surface area contributed by atoms with Crippen LogP contribution in [0.3, 0.4) is 0 Å². The average molecular weight is 293 g/mol. The van der Waals surface area contributed by atoms with Crippen molar-refractivity contribution in [3.05, 3.63) is 28.4 Å². The molecule has 3 heterocycles. The molecule has 111 valence electrons. The molecule has 2 aromatic rings. The van der Waals surface area contributed by atoms with Crippen LogP contribution in [0, 0.1) is 12.8 Å². The van der Waals surface area contributed by atoms with E-state index in [1.807, 2.05) is 23.8 Å². The first kappa shape index (κ1) is 16.9. The minimum absolute atomic E-state index is 0.0285. The fraction of sp³-hybridized carbons (Fsp3) is 0.571. The van der Waals surface area contributed by atoms with Crippen molar-refractivity contribution in [3.8, 4) is 0 Å². The van der Waals surface area contributed by atoms with Gasteiger partial charge in [0.25, 0.3) is 5.56 Å². The molecule has 0 saturated carbocycles. The van der Waals surface area contributed by atoms with Crippen LogP contribution >= 0.6 is 0 Å². The molecule has 0 aromatic carbocycles. The Hall–Kier alpha value is -1.43. The van der Waals surface area contributed by atoms with E-state index >= 15 is 0 Å². The number of aryl methyl sites for hydroxylation is 1. The summed E-state index contributed by atoms with van der Waals surface area (Å²) in [5, 5.41) is 0. The zero-order valence-electron chi connectivity index (χ0n) is 13.2. The summed E-state index contributed by atoms with van der Waals surface area (Å²) in [7, 11) is 12.2. The Bertz CT molecular complexity index is 662. The lowest BCUT2D eigenvalue weighted by Crippen LogP contribution is -2.33. The van der Waals surface area contributed by atoms with E-state index < -0.39 is 0 Å². The number of aromatic amines is 1. The molecule has 2 aromatic heterocycles. The van der Waals surface area contributed by atoms with Crippen molar-refractivity contribution < 1.29 is 0 Å². The predicted molar refractivity (Wildman–Crippen MR) is 92.6 cm³/mol. The minimum atomic E-state index is 0.0285. The number of nitrogens with one attached hydrogen (secondary N) is 1. The van der Waals surface area contributed by atoms with E-state index in [1.165, 1.54) is 12.8 Å². The highest BCUT2D eigenvalue weighted by molar-refractivity contribution is 7.17. The van der Waals surface area contributed by atoms with Gasteiger partial charge in [-0.1, -0.05) is 0 Å². The molecular weight excluding hydrogens is 273 g/mol. The first-order valence-corrected chi connectivity index (χ1v) is 7.54. The maximum atomic E-state index is 12.3. The van der Waals surface area contributed by atoms with Crippen molar-refractivity contribution in [1.82, 2.24) is 19.4 Å². The van der Waals surface area contributed by atoms with Gasteiger partial charge < -0.3 is 14.5 Å². The van der Waals surface area contributed by atoms with Crippen LogP contribution in [0.5, 0.6) is 0 Å². The van der Waals surface area contributed by atoms with E-state index in [0.29, 0.717) is 11.4 Å². The second kappa shape index (κ2) is 7.72. The molecule has 0 spiro atoms. The summed E-state index contributed by atoms with van der Waals surface area (Å²) in [4.78, 5) is 22.1. The number of likely N-dealkylation sites (tertiary alicyclic amines) is 1. The van der Waals surface area contributed by atoms with E-state index in [9.17, 15) is 4.79 Å². The Morgan fingerprint density at radius 2 is 2.05 bits per heavy atom. The third-order valence-electron chi connectivity index (χ3n) is 4.03. The van der Waals surface area contributed by atoms with Crippen LogP contribution in [0.4, 0.5) is 0 Å². The molecule has 8 heteroatoms. The second-order valence-electron chi connectivity index (χ2n) is 5.80. The third-order valence-corrected chi connectivity index (χ3v) is 4.03. The zero-order chi connectivity index (χ0) is 16.1. The average Bonchev–Trinajstić information content (AvgIpc) is 2.87. The van der Waals surface area contributed by atoms with Gasteiger partial charge in [0, 0.05) is 35.3 Å². The van der Waals surface area contributed by atoms with Gasteiger partial charge in [-0.15, -0.1) is 0 Å². The van der Waals surface area contributed by atoms with E-state index in [2.05, 4.69) is 37.4 Å². The van der Waals surface area contributed by atoms with Gasteiger partial charge in [0.15, 0.2) is 5.52 Å². The van der Waals surface area contributed by atoms with Gasteiger partial charge >= 0.3 is 0 Å². The number of piperidine rings is 1. The standard InChI is InChI=1S/C14H20N4O.B3/c1-10-15-12-5-8-18(14(19)13(12)16-10)9-11-3-6-17(2)7-4-11;1-3-2/h5,8,11H,3-4,6-7,9H2,1-2H3,(H,15,16);. The van der Waals surface area contributed by atoms with Crippen LogP contribution in [-0.4, -0.2) is 62.1 Å². The number of pyridine rings is 1. The maximum Gasteiger partial charge on any atom is 0.278 e. The molecule has 0 atom stereocenters. The Morgan fingerprint density at radius 3 is 2.68 bits per heavy atom. The number of H-pyrrole nitrogens is 1. The summed E-state index contributed by atoms with van der Waals surface area (Å²) in [6.07, 6.45) is 4.22. The highest BCUT2D eigenvalue weighted by Gasteiger charge is 2.18. The van der Waals surface area contributed by atoms with Crippen LogP contribution in [0.1, 0.15) is 18.7 Å². The van der Waals surface area contributed by atoms with Crippen molar-refractivity contribution in [2.75, 3.05) is 20.1 Å². The third kappa shape index (κ3) is 4.06. The lowest BCUT2D eigenvalue weighted by atomic mass is 9.40. The zero-order valence-corrected chi connectivity index (χ0v) is 13.2. The Labute approximate surface area is 134 Å². The van der Waals surface area contributed by atoms with Crippen molar-refractivity contribution in [1.29, 1.82) is 0 Å². The quantitative estimate of drug-likeness (QED) is 0.807. The number of hydrogen-bond acceptors (Lipinski definition) is 3. The topological polar surface area (TPSA) is 53.9 Å². The van der Waals surface area contributed by atoms with E-state index in [-0.39, 0.29) is 5.56 Å². The first-order chi connectivity index (χ1) is 10.5. The largest absolute Gasteiger partial charge is 0.342 e. The lowest BCUT2D eigenvalue weighted by molar-refractivity contribution is 0.204. The number of nitrogens with zero attached hydrogens (tertiary/aromatic N) is 3. The van der Waals surface area contributed by atoms with Crippen molar-refractivity contribution in [3.63, 3.8) is 0 Å². The number of aromatic nitrogens is 3. The van der Waals surface area contributed by atoms with Gasteiger partial charge in [0.05, 0.1) is 5.52 Å². The summed E-state index contributed by atoms with van der Waals surface area (Å²) in [6.45, 7) is 4.95. The monoisotopic (exact) mass is 293 g/mol. The van der Waals surface area contributed by atoms with Gasteiger partial charge in [-0.2, -0.15) is 0 Å². The molecule has 0 amide bonds. The Morgan fingerprint density at radius 1 is 1.41 bits per heavy atom. The Kier molecular flexibility index (Phi) is 5.94. The van der Waals surface area contributed by atoms with E-state index in [4.69, 9.17) is 0 Å². The molecule has 5 radical (unpaired) electrons. The highest BCUT2D eigenvalue weighted by atomic mass is 16.1. The molecule has 0 bridgehead atoms. The molecule has 1 aliphatic heterocycles. The fourth-order valence-corrected chi connectivity index (χ4v) is 2.83. The summed E-state index contributed by atoms with van der Waals surface area (Å²) < 4.78 is 1.82. The molecule has 1 aliphatic rings. The predicted octanol–water partition coefficient (Wildman–Crippen LogP) is 0.232. The molecule has 1 fully saturated rings. The molecule has 1 saturated heterocycles. The first-order valence-electron chi connectivity index (χ1n) is 7.54. The number of imidazole rings is 1. The summed E-state index contributed by atoms with van der Waals surface area (Å²) >= 11 is 0. The molecule has 0 unspecified atom stereocenters. The molecule has 0 aliphatic carbocycles. The number of hydrogen-bond donors (Lipinski definition) is 1. The van der Waals surface area contributed by atoms with Crippen molar-refractivity contribution in [2.24, 2.45) is 5.92 Å². The number of rotatable bonds is 2. The van der Waals surface area contributed by atoms with Crippen molar-refractivity contribution in [2.45, 2.75) is 26.3 Å². The van der Waals surface area contributed by atoms with Gasteiger partial charge in [0.1, 0.15) is 5.82 Å². The lowest BCUT2D eigenvalue weighted by Gasteiger charge is -2.29. The van der Waals surface area contributed by atoms with Gasteiger partial charge in [-0.3, -0.25) is 4.79 Å². The summed E-state index contributed by atoms with van der Waals surface area (Å²) in [5.41, 5.74) is 1.43. The fourth-order valence-electron chi connectivity index (χ4n) is 2.83. The normalized spacial score (nSPS) is 16.3. The number of fused-ring (bicyclic) bond motifs is 1. The van der Waals surface area contributed by atoms with E-state index in [1.54, 1.807) is 0 Å². The van der Waals surface area contributed by atoms with Crippen LogP contribution < -0.4 is 5.56 Å². The van der Waals surface area contributed by atoms with Gasteiger partial charge in [-0.25, -0.2) is 4.98 Å². The molecule has 5 nitrogen and oxygen atoms in total. The summed E-state index contributed by atoms with van der Waals surface area (Å²) in [5.74, 6) is 1.40. The van der Waals surface area contributed by atoms with Crippen LogP contribution in [0.25, 0.3) is 11.0 Å². The van der Waals surface area contributed by atoms with Crippen LogP contribution in [0.2, 0.25) is 0 Å². The molecule has 22 heavy (non-hydrogen) atoms. The van der Waals surface area contributed by atoms with Crippen molar-refractivity contribution >= 4 is 33.6 Å². The van der Waals surface area contributed by atoms with Crippen LogP contribution in [-0.2, 0) is 6.54 Å². The second-order valence-corrected chi connectivity index (χ2v) is 5.80. The van der Waals surface area contributed by atoms with Crippen LogP contribution in [0.15, 0.2) is 17.1 Å². The molecule has 1 N–H and O–H groups in total. The maximum absolute atomic E-state index is 12.3. The summed E-state index contributed by atoms with van der Waals surface area (Å²) in [6, 6.07) is 1.95. The smallest absolute Gasteiger partial charge is 0.278 e.